The largest absolute Gasteiger partial charge is 0.497 e. The quantitative estimate of drug-likeness (QED) is 0.829. The number of methoxy groups -OCH3 is 1. The molecule has 0 saturated carbocycles. The number of alkyl halides is 2. The van der Waals surface area contributed by atoms with E-state index in [-0.39, 0.29) is 11.8 Å². The molecule has 0 spiro atoms. The lowest BCUT2D eigenvalue weighted by atomic mass is 10.2. The molecular weight excluding hydrogens is 338 g/mol. The van der Waals surface area contributed by atoms with Crippen LogP contribution in [0.4, 0.5) is 5.69 Å². The van der Waals surface area contributed by atoms with Gasteiger partial charge in [-0.25, -0.2) is 0 Å². The Morgan fingerprint density at radius 1 is 1.31 bits per heavy atom. The van der Waals surface area contributed by atoms with E-state index >= 15 is 0 Å². The van der Waals surface area contributed by atoms with Crippen LogP contribution in [-0.4, -0.2) is 23.7 Å². The summed E-state index contributed by atoms with van der Waals surface area (Å²) in [5.74, 6) is 0.705. The smallest absolute Gasteiger partial charge is 0.229 e. The van der Waals surface area contributed by atoms with Crippen LogP contribution >= 0.6 is 31.9 Å². The Labute approximate surface area is 112 Å². The maximum atomic E-state index is 11.7. The van der Waals surface area contributed by atoms with Crippen molar-refractivity contribution in [2.24, 2.45) is 5.92 Å². The zero-order valence-corrected chi connectivity index (χ0v) is 12.0. The van der Waals surface area contributed by atoms with E-state index in [1.54, 1.807) is 7.11 Å². The first-order valence-electron chi connectivity index (χ1n) is 4.78. The van der Waals surface area contributed by atoms with Gasteiger partial charge in [0.25, 0.3) is 0 Å². The second-order valence-electron chi connectivity index (χ2n) is 3.22. The lowest BCUT2D eigenvalue weighted by Crippen LogP contribution is -2.25. The molecule has 0 unspecified atom stereocenters. The maximum absolute atomic E-state index is 11.7. The molecule has 0 atom stereocenters. The Kier molecular flexibility index (Phi) is 5.84. The van der Waals surface area contributed by atoms with Gasteiger partial charge in [0.2, 0.25) is 5.91 Å². The summed E-state index contributed by atoms with van der Waals surface area (Å²) >= 11 is 6.60. The van der Waals surface area contributed by atoms with Crippen LogP contribution in [-0.2, 0) is 4.79 Å². The molecule has 0 fully saturated rings. The topological polar surface area (TPSA) is 38.3 Å². The third-order valence-corrected chi connectivity index (χ3v) is 3.66. The van der Waals surface area contributed by atoms with Crippen LogP contribution < -0.4 is 10.1 Å². The van der Waals surface area contributed by atoms with Crippen molar-refractivity contribution in [3.63, 3.8) is 0 Å². The van der Waals surface area contributed by atoms with Gasteiger partial charge in [-0.2, -0.15) is 0 Å². The molecular formula is C11H13Br2NO2. The molecule has 0 saturated heterocycles. The average Bonchev–Trinajstić information content (AvgIpc) is 2.31. The van der Waals surface area contributed by atoms with Gasteiger partial charge in [-0.1, -0.05) is 31.9 Å². The monoisotopic (exact) mass is 349 g/mol. The molecule has 0 aliphatic heterocycles. The van der Waals surface area contributed by atoms with Crippen molar-refractivity contribution >= 4 is 43.5 Å². The van der Waals surface area contributed by atoms with Crippen molar-refractivity contribution in [1.82, 2.24) is 0 Å². The minimum absolute atomic E-state index is 0.00100. The first-order chi connectivity index (χ1) is 7.71. The van der Waals surface area contributed by atoms with E-state index in [0.29, 0.717) is 10.7 Å². The zero-order valence-electron chi connectivity index (χ0n) is 8.87. The molecule has 3 nitrogen and oxygen atoms in total. The maximum Gasteiger partial charge on any atom is 0.229 e. The van der Waals surface area contributed by atoms with Gasteiger partial charge < -0.3 is 10.1 Å². The molecule has 1 rings (SSSR count). The summed E-state index contributed by atoms with van der Waals surface area (Å²) in [4.78, 5) is 11.7. The van der Waals surface area contributed by atoms with Crippen LogP contribution in [0.5, 0.6) is 5.75 Å². The highest BCUT2D eigenvalue weighted by atomic mass is 79.9. The summed E-state index contributed by atoms with van der Waals surface area (Å²) in [5.41, 5.74) is 0.776. The van der Waals surface area contributed by atoms with Crippen molar-refractivity contribution in [3.8, 4) is 5.75 Å². The standard InChI is InChI=1S/C11H13Br2NO2/c1-16-10-4-2-9(3-5-10)14-11(15)8(6-12)7-13/h2-5,8H,6-7H2,1H3,(H,14,15). The Morgan fingerprint density at radius 2 is 1.88 bits per heavy atom. The minimum atomic E-state index is -0.0675. The fourth-order valence-electron chi connectivity index (χ4n) is 1.10. The van der Waals surface area contributed by atoms with Gasteiger partial charge >= 0.3 is 0 Å². The van der Waals surface area contributed by atoms with Crippen molar-refractivity contribution in [2.75, 3.05) is 23.1 Å². The molecule has 88 valence electrons. The van der Waals surface area contributed by atoms with Crippen LogP contribution in [0.15, 0.2) is 24.3 Å². The Morgan fingerprint density at radius 3 is 2.31 bits per heavy atom. The number of halogens is 2. The summed E-state index contributed by atoms with van der Waals surface area (Å²) in [7, 11) is 1.61. The summed E-state index contributed by atoms with van der Waals surface area (Å²) in [6.07, 6.45) is 0. The molecule has 0 aromatic heterocycles. The normalized spacial score (nSPS) is 10.2. The number of hydrogen-bond donors (Lipinski definition) is 1. The van der Waals surface area contributed by atoms with Crippen LogP contribution in [0.2, 0.25) is 0 Å². The summed E-state index contributed by atoms with van der Waals surface area (Å²) in [6, 6.07) is 7.26. The van der Waals surface area contributed by atoms with E-state index < -0.39 is 0 Å². The fourth-order valence-corrected chi connectivity index (χ4v) is 2.76. The van der Waals surface area contributed by atoms with E-state index in [4.69, 9.17) is 4.74 Å². The molecule has 1 aromatic rings. The SMILES string of the molecule is COc1ccc(NC(=O)C(CBr)CBr)cc1. The highest BCUT2D eigenvalue weighted by Crippen LogP contribution is 2.16. The highest BCUT2D eigenvalue weighted by Gasteiger charge is 2.15. The number of rotatable bonds is 5. The summed E-state index contributed by atoms with van der Waals surface area (Å²) in [6.45, 7) is 0. The number of anilines is 1. The first-order valence-corrected chi connectivity index (χ1v) is 7.02. The van der Waals surface area contributed by atoms with Gasteiger partial charge in [0.1, 0.15) is 5.75 Å². The molecule has 0 radical (unpaired) electrons. The molecule has 5 heteroatoms. The van der Waals surface area contributed by atoms with Gasteiger partial charge in [0.05, 0.1) is 13.0 Å². The Balaban J connectivity index is 2.62. The van der Waals surface area contributed by atoms with Gasteiger partial charge in [-0.15, -0.1) is 0 Å². The number of ether oxygens (including phenoxy) is 1. The summed E-state index contributed by atoms with van der Waals surface area (Å²) in [5, 5.41) is 4.12. The van der Waals surface area contributed by atoms with E-state index in [1.807, 2.05) is 24.3 Å². The van der Waals surface area contributed by atoms with E-state index in [2.05, 4.69) is 37.2 Å². The molecule has 0 heterocycles. The van der Waals surface area contributed by atoms with Crippen LogP contribution in [0.25, 0.3) is 0 Å². The number of nitrogens with one attached hydrogen (secondary N) is 1. The third-order valence-electron chi connectivity index (χ3n) is 2.10. The number of benzene rings is 1. The Bertz CT molecular complexity index is 336. The lowest BCUT2D eigenvalue weighted by molar-refractivity contribution is -0.118. The molecule has 0 aliphatic rings. The van der Waals surface area contributed by atoms with Crippen LogP contribution in [0, 0.1) is 5.92 Å². The molecule has 1 amide bonds. The molecule has 16 heavy (non-hydrogen) atoms. The molecule has 0 aliphatic carbocycles. The van der Waals surface area contributed by atoms with E-state index in [0.717, 1.165) is 11.4 Å². The molecule has 1 aromatic carbocycles. The van der Waals surface area contributed by atoms with Crippen molar-refractivity contribution in [2.45, 2.75) is 0 Å². The van der Waals surface area contributed by atoms with E-state index in [1.165, 1.54) is 0 Å². The predicted octanol–water partition coefficient (Wildman–Crippen LogP) is 3.04. The first kappa shape index (κ1) is 13.5. The third kappa shape index (κ3) is 3.79. The molecule has 1 N–H and O–H groups in total. The van der Waals surface area contributed by atoms with Crippen molar-refractivity contribution in [1.29, 1.82) is 0 Å². The van der Waals surface area contributed by atoms with Gasteiger partial charge in [-0.3, -0.25) is 4.79 Å². The van der Waals surface area contributed by atoms with E-state index in [9.17, 15) is 4.79 Å². The Hall–Kier alpha value is -0.550. The zero-order chi connectivity index (χ0) is 12.0. The predicted molar refractivity (Wildman–Crippen MR) is 72.7 cm³/mol. The number of amides is 1. The second kappa shape index (κ2) is 6.91. The fraction of sp³-hybridized carbons (Fsp3) is 0.364. The van der Waals surface area contributed by atoms with Gasteiger partial charge in [0.15, 0.2) is 0 Å². The van der Waals surface area contributed by atoms with Crippen molar-refractivity contribution in [3.05, 3.63) is 24.3 Å². The van der Waals surface area contributed by atoms with Gasteiger partial charge in [-0.05, 0) is 24.3 Å². The van der Waals surface area contributed by atoms with Crippen LogP contribution in [0.3, 0.4) is 0 Å². The minimum Gasteiger partial charge on any atom is -0.497 e. The van der Waals surface area contributed by atoms with Crippen molar-refractivity contribution < 1.29 is 9.53 Å². The average molecular weight is 351 g/mol. The number of carbonyl (C=O) groups excluding carboxylic acids is 1. The number of hydrogen-bond acceptors (Lipinski definition) is 2. The summed E-state index contributed by atoms with van der Waals surface area (Å²) < 4.78 is 5.04. The molecule has 0 bridgehead atoms. The van der Waals surface area contributed by atoms with Gasteiger partial charge in [0, 0.05) is 16.3 Å². The van der Waals surface area contributed by atoms with Crippen LogP contribution in [0.1, 0.15) is 0 Å². The highest BCUT2D eigenvalue weighted by molar-refractivity contribution is 9.09. The number of carbonyl (C=O) groups is 1. The lowest BCUT2D eigenvalue weighted by Gasteiger charge is -2.11. The second-order valence-corrected chi connectivity index (χ2v) is 4.52.